The molecule has 2 aromatic heterocycles. The fraction of sp³-hybridized carbons (Fsp3) is 0.650. The van der Waals surface area contributed by atoms with Gasteiger partial charge in [-0.3, -0.25) is 14.5 Å². The van der Waals surface area contributed by atoms with Crippen LogP contribution in [0.5, 0.6) is 0 Å². The first-order valence-electron chi connectivity index (χ1n) is 10.4. The minimum Gasteiger partial charge on any atom is -0.483 e. The Morgan fingerprint density at radius 2 is 1.97 bits per heavy atom. The zero-order chi connectivity index (χ0) is 23.4. The SMILES string of the molecule is Cc1nc(C(=O)N[C@@]2(C)CCOC3(CCN(Cc4noc(C)n4)CC3)[C@@H]2O)co1.O=CO. The van der Waals surface area contributed by atoms with E-state index in [2.05, 4.69) is 25.3 Å². The lowest BCUT2D eigenvalue weighted by Gasteiger charge is -2.53. The van der Waals surface area contributed by atoms with Crippen LogP contribution in [-0.2, 0) is 16.1 Å². The Morgan fingerprint density at radius 1 is 1.28 bits per heavy atom. The van der Waals surface area contributed by atoms with Crippen molar-refractivity contribution >= 4 is 12.4 Å². The van der Waals surface area contributed by atoms with Crippen molar-refractivity contribution in [3.05, 3.63) is 29.6 Å². The van der Waals surface area contributed by atoms with E-state index in [1.807, 2.05) is 6.92 Å². The third-order valence-electron chi connectivity index (χ3n) is 6.00. The molecule has 3 N–H and O–H groups in total. The molecule has 2 aliphatic heterocycles. The Balaban J connectivity index is 0.000000913. The summed E-state index contributed by atoms with van der Waals surface area (Å²) < 4.78 is 16.3. The van der Waals surface area contributed by atoms with Gasteiger partial charge in [0, 0.05) is 33.5 Å². The summed E-state index contributed by atoms with van der Waals surface area (Å²) in [5.41, 5.74) is -1.29. The van der Waals surface area contributed by atoms with Crippen LogP contribution >= 0.6 is 0 Å². The first-order chi connectivity index (χ1) is 15.2. The largest absolute Gasteiger partial charge is 0.483 e. The fourth-order valence-electron chi connectivity index (χ4n) is 4.30. The summed E-state index contributed by atoms with van der Waals surface area (Å²) >= 11 is 0. The van der Waals surface area contributed by atoms with Gasteiger partial charge in [-0.05, 0) is 26.2 Å². The second-order valence-electron chi connectivity index (χ2n) is 8.30. The summed E-state index contributed by atoms with van der Waals surface area (Å²) in [6.07, 6.45) is 2.31. The Morgan fingerprint density at radius 3 is 2.53 bits per heavy atom. The maximum atomic E-state index is 12.6. The van der Waals surface area contributed by atoms with Gasteiger partial charge >= 0.3 is 0 Å². The van der Waals surface area contributed by atoms with Gasteiger partial charge < -0.3 is 29.2 Å². The number of aliphatic hydroxyl groups excluding tert-OH is 1. The van der Waals surface area contributed by atoms with Crippen LogP contribution in [0.15, 0.2) is 15.2 Å². The molecule has 12 heteroatoms. The molecule has 2 aliphatic rings. The molecule has 0 saturated carbocycles. The minimum atomic E-state index is -0.838. The van der Waals surface area contributed by atoms with Gasteiger partial charge in [-0.1, -0.05) is 5.16 Å². The van der Waals surface area contributed by atoms with Gasteiger partial charge in [0.25, 0.3) is 12.4 Å². The van der Waals surface area contributed by atoms with Crippen molar-refractivity contribution in [2.75, 3.05) is 19.7 Å². The van der Waals surface area contributed by atoms with Crippen LogP contribution in [0.3, 0.4) is 0 Å². The lowest BCUT2D eigenvalue weighted by atomic mass is 9.73. The maximum Gasteiger partial charge on any atom is 0.290 e. The van der Waals surface area contributed by atoms with E-state index in [0.717, 1.165) is 13.1 Å². The molecule has 2 fully saturated rings. The summed E-state index contributed by atoms with van der Waals surface area (Å²) in [6, 6.07) is 0. The molecule has 0 aliphatic carbocycles. The Bertz CT molecular complexity index is 921. The Kier molecular flexibility index (Phi) is 7.26. The van der Waals surface area contributed by atoms with Crippen molar-refractivity contribution in [2.45, 2.75) is 63.8 Å². The van der Waals surface area contributed by atoms with Crippen molar-refractivity contribution < 1.29 is 33.5 Å². The predicted molar refractivity (Wildman–Crippen MR) is 109 cm³/mol. The van der Waals surface area contributed by atoms with E-state index >= 15 is 0 Å². The number of aromatic nitrogens is 3. The maximum absolute atomic E-state index is 12.6. The van der Waals surface area contributed by atoms with Gasteiger partial charge in [0.15, 0.2) is 17.4 Å². The number of amides is 1. The molecule has 2 aromatic rings. The average Bonchev–Trinajstić information content (AvgIpc) is 3.37. The smallest absolute Gasteiger partial charge is 0.290 e. The van der Waals surface area contributed by atoms with E-state index in [-0.39, 0.29) is 18.1 Å². The summed E-state index contributed by atoms with van der Waals surface area (Å²) in [5, 5.41) is 25.0. The molecule has 1 amide bonds. The van der Waals surface area contributed by atoms with E-state index in [0.29, 0.717) is 50.0 Å². The van der Waals surface area contributed by atoms with E-state index < -0.39 is 17.2 Å². The molecule has 32 heavy (non-hydrogen) atoms. The quantitative estimate of drug-likeness (QED) is 0.560. The minimum absolute atomic E-state index is 0.210. The van der Waals surface area contributed by atoms with Gasteiger partial charge in [-0.15, -0.1) is 0 Å². The van der Waals surface area contributed by atoms with Gasteiger partial charge in [-0.2, -0.15) is 4.98 Å². The molecule has 0 bridgehead atoms. The molecule has 12 nitrogen and oxygen atoms in total. The summed E-state index contributed by atoms with van der Waals surface area (Å²) in [7, 11) is 0. The van der Waals surface area contributed by atoms with E-state index in [1.54, 1.807) is 13.8 Å². The molecule has 0 radical (unpaired) electrons. The fourth-order valence-corrected chi connectivity index (χ4v) is 4.30. The number of carbonyl (C=O) groups excluding carboxylic acids is 1. The lowest BCUT2D eigenvalue weighted by Crippen LogP contribution is -2.69. The third-order valence-corrected chi connectivity index (χ3v) is 6.00. The van der Waals surface area contributed by atoms with Crippen LogP contribution in [0.4, 0.5) is 0 Å². The number of likely N-dealkylation sites (tertiary alicyclic amines) is 1. The average molecular weight is 451 g/mol. The monoisotopic (exact) mass is 451 g/mol. The second kappa shape index (κ2) is 9.76. The van der Waals surface area contributed by atoms with Crippen molar-refractivity contribution in [1.29, 1.82) is 0 Å². The summed E-state index contributed by atoms with van der Waals surface area (Å²) in [4.78, 5) is 31.5. The molecule has 2 saturated heterocycles. The number of hydrogen-bond acceptors (Lipinski definition) is 10. The van der Waals surface area contributed by atoms with Gasteiger partial charge in [-0.25, -0.2) is 4.98 Å². The van der Waals surface area contributed by atoms with E-state index in [1.165, 1.54) is 6.26 Å². The number of hydrogen-bond donors (Lipinski definition) is 3. The lowest BCUT2D eigenvalue weighted by molar-refractivity contribution is -0.206. The van der Waals surface area contributed by atoms with Crippen LogP contribution < -0.4 is 5.32 Å². The second-order valence-corrected chi connectivity index (χ2v) is 8.30. The number of nitrogens with zero attached hydrogens (tertiary/aromatic N) is 4. The molecule has 0 unspecified atom stereocenters. The van der Waals surface area contributed by atoms with Gasteiger partial charge in [0.2, 0.25) is 5.89 Å². The van der Waals surface area contributed by atoms with Gasteiger partial charge in [0.05, 0.1) is 17.7 Å². The molecule has 4 heterocycles. The normalized spacial score (nSPS) is 25.1. The number of piperidine rings is 1. The number of oxazole rings is 1. The summed E-state index contributed by atoms with van der Waals surface area (Å²) in [6.45, 7) is 7.60. The molecule has 176 valence electrons. The highest BCUT2D eigenvalue weighted by atomic mass is 16.5. The number of aliphatic hydroxyl groups is 1. The number of carbonyl (C=O) groups is 2. The molecular formula is C20H29N5O7. The van der Waals surface area contributed by atoms with Crippen LogP contribution in [0.1, 0.15) is 54.3 Å². The highest BCUT2D eigenvalue weighted by molar-refractivity contribution is 5.92. The van der Waals surface area contributed by atoms with E-state index in [9.17, 15) is 9.90 Å². The highest BCUT2D eigenvalue weighted by Crippen LogP contribution is 2.40. The highest BCUT2D eigenvalue weighted by Gasteiger charge is 2.54. The van der Waals surface area contributed by atoms with Gasteiger partial charge in [0.1, 0.15) is 12.4 Å². The Hall–Kier alpha value is -2.83. The molecular weight excluding hydrogens is 422 g/mol. The van der Waals surface area contributed by atoms with Crippen LogP contribution in [0.2, 0.25) is 0 Å². The standard InChI is InChI=1S/C19H27N5O5.CH2O2/c1-12-20-14(11-27-12)16(25)22-18(3)6-9-28-19(17(18)26)4-7-24(8-5-19)10-15-21-13(2)29-23-15;2-1-3/h11,17,26H,4-10H2,1-3H3,(H,22,25);1H,(H,2,3)/t17-,18+;/m1./s1. The number of rotatable bonds is 4. The molecule has 2 atom stereocenters. The summed E-state index contributed by atoms with van der Waals surface area (Å²) in [5.74, 6) is 1.27. The van der Waals surface area contributed by atoms with Crippen molar-refractivity contribution in [3.8, 4) is 0 Å². The number of aryl methyl sites for hydroxylation is 2. The Labute approximate surface area is 184 Å². The molecule has 1 spiro atoms. The van der Waals surface area contributed by atoms with Crippen molar-refractivity contribution in [1.82, 2.24) is 25.3 Å². The third kappa shape index (κ3) is 5.14. The first kappa shape index (κ1) is 23.8. The predicted octanol–water partition coefficient (Wildman–Crippen LogP) is 0.680. The zero-order valence-electron chi connectivity index (χ0n) is 18.4. The van der Waals surface area contributed by atoms with Crippen molar-refractivity contribution in [2.24, 2.45) is 0 Å². The molecule has 0 aromatic carbocycles. The van der Waals surface area contributed by atoms with E-state index in [4.69, 9.17) is 23.6 Å². The number of nitrogens with one attached hydrogen (secondary N) is 1. The zero-order valence-corrected chi connectivity index (χ0v) is 18.4. The van der Waals surface area contributed by atoms with Crippen LogP contribution in [0, 0.1) is 13.8 Å². The van der Waals surface area contributed by atoms with Crippen LogP contribution in [0.25, 0.3) is 0 Å². The molecule has 4 rings (SSSR count). The first-order valence-corrected chi connectivity index (χ1v) is 10.4. The van der Waals surface area contributed by atoms with Crippen molar-refractivity contribution in [3.63, 3.8) is 0 Å². The van der Waals surface area contributed by atoms with Crippen LogP contribution in [-0.4, -0.2) is 79.6 Å². The number of carboxylic acid groups (broad SMARTS) is 1. The number of ether oxygens (including phenoxy) is 1. The topological polar surface area (TPSA) is 164 Å².